The Morgan fingerprint density at radius 3 is 2.35 bits per heavy atom. The standard InChI is InChI=1S/C29H32Cl2N6O3/c1-32-28-23-15-37(16-24(23)28)29-33-12-22(13-34-29)40-26-7-18(14-36-4-2-17(3-5-36)8-27(38)39)6-25(35-26)19-9-20(30)11-21(31)10-19/h6-7,9-13,17,23-24,28,32H,2-5,8,14-16H2,1H3,(H,38,39)/t23-,24+,28?. The number of likely N-dealkylation sites (tertiary alicyclic amines) is 1. The Balaban J connectivity index is 1.19. The number of pyridine rings is 1. The summed E-state index contributed by atoms with van der Waals surface area (Å²) in [5.74, 6) is 2.52. The number of hydrogen-bond acceptors (Lipinski definition) is 8. The lowest BCUT2D eigenvalue weighted by molar-refractivity contribution is -0.138. The van der Waals surface area contributed by atoms with Crippen LogP contribution < -0.4 is 15.0 Å². The molecule has 0 amide bonds. The van der Waals surface area contributed by atoms with Crippen LogP contribution in [0.2, 0.25) is 10.0 Å². The van der Waals surface area contributed by atoms with Crippen molar-refractivity contribution in [3.63, 3.8) is 0 Å². The van der Waals surface area contributed by atoms with E-state index in [-0.39, 0.29) is 12.3 Å². The van der Waals surface area contributed by atoms with Gasteiger partial charge in [0.15, 0.2) is 5.75 Å². The van der Waals surface area contributed by atoms with Gasteiger partial charge in [0.05, 0.1) is 18.1 Å². The first-order valence-corrected chi connectivity index (χ1v) is 14.4. The van der Waals surface area contributed by atoms with E-state index in [1.807, 2.05) is 31.3 Å². The van der Waals surface area contributed by atoms with E-state index in [4.69, 9.17) is 38.0 Å². The summed E-state index contributed by atoms with van der Waals surface area (Å²) in [6, 6.07) is 9.93. The molecule has 3 aromatic rings. The molecule has 0 radical (unpaired) electrons. The molecule has 1 aromatic carbocycles. The van der Waals surface area contributed by atoms with Crippen molar-refractivity contribution in [1.82, 2.24) is 25.2 Å². The minimum atomic E-state index is -0.726. The van der Waals surface area contributed by atoms with Gasteiger partial charge in [-0.15, -0.1) is 0 Å². The molecule has 0 bridgehead atoms. The van der Waals surface area contributed by atoms with Crippen LogP contribution in [0.15, 0.2) is 42.7 Å². The SMILES string of the molecule is CNC1[C@H]2CN(c3ncc(Oc4cc(CN5CCC(CC(=O)O)CC5)cc(-c5cc(Cl)cc(Cl)c5)n4)cn3)C[C@@H]12. The minimum absolute atomic E-state index is 0.230. The first-order chi connectivity index (χ1) is 19.3. The third-order valence-electron chi connectivity index (χ3n) is 8.24. The van der Waals surface area contributed by atoms with Gasteiger partial charge in [0.2, 0.25) is 11.8 Å². The van der Waals surface area contributed by atoms with Crippen molar-refractivity contribution in [2.75, 3.05) is 38.1 Å². The van der Waals surface area contributed by atoms with Crippen LogP contribution in [0.25, 0.3) is 11.3 Å². The molecule has 40 heavy (non-hydrogen) atoms. The number of aliphatic carboxylic acids is 1. The summed E-state index contributed by atoms with van der Waals surface area (Å²) in [6.07, 6.45) is 5.36. The highest BCUT2D eigenvalue weighted by Gasteiger charge is 2.55. The third kappa shape index (κ3) is 6.17. The number of anilines is 1. The van der Waals surface area contributed by atoms with Gasteiger partial charge < -0.3 is 20.1 Å². The lowest BCUT2D eigenvalue weighted by Crippen LogP contribution is -2.33. The molecule has 3 fully saturated rings. The fourth-order valence-electron chi connectivity index (χ4n) is 6.17. The number of hydrogen-bond donors (Lipinski definition) is 2. The number of nitrogens with zero attached hydrogens (tertiary/aromatic N) is 5. The topological polar surface area (TPSA) is 104 Å². The van der Waals surface area contributed by atoms with Gasteiger partial charge in [0.25, 0.3) is 0 Å². The Morgan fingerprint density at radius 2 is 1.73 bits per heavy atom. The smallest absolute Gasteiger partial charge is 0.303 e. The largest absolute Gasteiger partial charge is 0.481 e. The van der Waals surface area contributed by atoms with Crippen molar-refractivity contribution in [3.8, 4) is 22.9 Å². The summed E-state index contributed by atoms with van der Waals surface area (Å²) in [4.78, 5) is 29.6. The van der Waals surface area contributed by atoms with E-state index in [1.54, 1.807) is 18.5 Å². The summed E-state index contributed by atoms with van der Waals surface area (Å²) in [7, 11) is 2.02. The molecular weight excluding hydrogens is 551 g/mol. The van der Waals surface area contributed by atoms with Crippen LogP contribution in [0.1, 0.15) is 24.8 Å². The summed E-state index contributed by atoms with van der Waals surface area (Å²) >= 11 is 12.6. The van der Waals surface area contributed by atoms with Crippen molar-refractivity contribution < 1.29 is 14.6 Å². The maximum Gasteiger partial charge on any atom is 0.303 e. The zero-order valence-electron chi connectivity index (χ0n) is 22.3. The second-order valence-corrected chi connectivity index (χ2v) is 11.9. The molecule has 1 saturated carbocycles. The first kappa shape index (κ1) is 27.2. The number of nitrogens with one attached hydrogen (secondary N) is 1. The predicted molar refractivity (Wildman–Crippen MR) is 154 cm³/mol. The second kappa shape index (κ2) is 11.5. The van der Waals surface area contributed by atoms with Crippen molar-refractivity contribution in [1.29, 1.82) is 0 Å². The number of piperidine rings is 2. The summed E-state index contributed by atoms with van der Waals surface area (Å²) in [5.41, 5.74) is 2.52. The molecule has 1 unspecified atom stereocenters. The summed E-state index contributed by atoms with van der Waals surface area (Å²) in [6.45, 7) is 4.33. The molecule has 2 saturated heterocycles. The Hall–Kier alpha value is -2.98. The third-order valence-corrected chi connectivity index (χ3v) is 8.68. The Morgan fingerprint density at radius 1 is 1.05 bits per heavy atom. The van der Waals surface area contributed by atoms with Crippen LogP contribution in [0.4, 0.5) is 5.95 Å². The van der Waals surface area contributed by atoms with E-state index in [1.165, 1.54) is 0 Å². The number of rotatable bonds is 9. The van der Waals surface area contributed by atoms with Gasteiger partial charge in [-0.2, -0.15) is 0 Å². The molecule has 1 aliphatic carbocycles. The molecule has 2 N–H and O–H groups in total. The lowest BCUT2D eigenvalue weighted by atomic mass is 9.93. The number of halogens is 2. The molecule has 0 spiro atoms. The fourth-order valence-corrected chi connectivity index (χ4v) is 6.70. The highest BCUT2D eigenvalue weighted by Crippen LogP contribution is 2.46. The molecule has 6 rings (SSSR count). The molecule has 11 heteroatoms. The normalized spacial score (nSPS) is 22.8. The lowest BCUT2D eigenvalue weighted by Gasteiger charge is -2.31. The number of benzene rings is 1. The molecular formula is C29H32Cl2N6O3. The minimum Gasteiger partial charge on any atom is -0.481 e. The van der Waals surface area contributed by atoms with Gasteiger partial charge in [-0.1, -0.05) is 23.2 Å². The van der Waals surface area contributed by atoms with Crippen molar-refractivity contribution in [2.45, 2.75) is 31.8 Å². The molecule has 210 valence electrons. The Bertz CT molecular complexity index is 1350. The van der Waals surface area contributed by atoms with Crippen molar-refractivity contribution in [2.24, 2.45) is 17.8 Å². The molecule has 2 aromatic heterocycles. The predicted octanol–water partition coefficient (Wildman–Crippen LogP) is 4.98. The number of ether oxygens (including phenoxy) is 1. The highest BCUT2D eigenvalue weighted by atomic mass is 35.5. The number of fused-ring (bicyclic) bond motifs is 1. The monoisotopic (exact) mass is 582 g/mol. The number of carbonyl (C=O) groups is 1. The number of aromatic nitrogens is 3. The van der Waals surface area contributed by atoms with E-state index in [9.17, 15) is 4.79 Å². The van der Waals surface area contributed by atoms with E-state index < -0.39 is 5.97 Å². The quantitative estimate of drug-likeness (QED) is 0.361. The fraction of sp³-hybridized carbons (Fsp3) is 0.448. The van der Waals surface area contributed by atoms with Crippen molar-refractivity contribution >= 4 is 35.1 Å². The van der Waals surface area contributed by atoms with Crippen molar-refractivity contribution in [3.05, 3.63) is 58.3 Å². The average Bonchev–Trinajstić information content (AvgIpc) is 3.39. The Kier molecular flexibility index (Phi) is 7.81. The van der Waals surface area contributed by atoms with Gasteiger partial charge >= 0.3 is 5.97 Å². The van der Waals surface area contributed by atoms with Gasteiger partial charge in [-0.3, -0.25) is 9.69 Å². The molecule has 2 aliphatic heterocycles. The van der Waals surface area contributed by atoms with Crippen LogP contribution in [0, 0.1) is 17.8 Å². The molecule has 3 aliphatic rings. The molecule has 3 atom stereocenters. The van der Waals surface area contributed by atoms with Crippen LogP contribution in [0.3, 0.4) is 0 Å². The zero-order valence-corrected chi connectivity index (χ0v) is 23.8. The van der Waals surface area contributed by atoms with Crippen LogP contribution in [-0.4, -0.2) is 70.2 Å². The van der Waals surface area contributed by atoms with E-state index in [0.717, 1.165) is 56.1 Å². The van der Waals surface area contributed by atoms with Crippen LogP contribution >= 0.6 is 23.2 Å². The number of carboxylic acids is 1. The van der Waals surface area contributed by atoms with Gasteiger partial charge in [0.1, 0.15) is 0 Å². The summed E-state index contributed by atoms with van der Waals surface area (Å²) < 4.78 is 6.16. The maximum absolute atomic E-state index is 11.1. The van der Waals surface area contributed by atoms with Crippen LogP contribution in [0.5, 0.6) is 11.6 Å². The molecule has 4 heterocycles. The zero-order chi connectivity index (χ0) is 27.8. The highest BCUT2D eigenvalue weighted by molar-refractivity contribution is 6.35. The van der Waals surface area contributed by atoms with Gasteiger partial charge in [-0.05, 0) is 80.6 Å². The van der Waals surface area contributed by atoms with E-state index in [0.29, 0.717) is 51.8 Å². The van der Waals surface area contributed by atoms with Crippen LogP contribution in [-0.2, 0) is 11.3 Å². The first-order valence-electron chi connectivity index (χ1n) is 13.7. The van der Waals surface area contributed by atoms with E-state index in [2.05, 4.69) is 25.1 Å². The average molecular weight is 584 g/mol. The second-order valence-electron chi connectivity index (χ2n) is 11.0. The number of carboxylic acid groups (broad SMARTS) is 1. The van der Waals surface area contributed by atoms with Gasteiger partial charge in [0, 0.05) is 53.8 Å². The van der Waals surface area contributed by atoms with E-state index >= 15 is 0 Å². The Labute approximate surface area is 243 Å². The molecule has 9 nitrogen and oxygen atoms in total. The summed E-state index contributed by atoms with van der Waals surface area (Å²) in [5, 5.41) is 13.6. The maximum atomic E-state index is 11.1. The van der Waals surface area contributed by atoms with Gasteiger partial charge in [-0.25, -0.2) is 15.0 Å².